The van der Waals surface area contributed by atoms with E-state index in [1.807, 2.05) is 30.3 Å². The highest BCUT2D eigenvalue weighted by molar-refractivity contribution is 5.95. The van der Waals surface area contributed by atoms with Crippen molar-refractivity contribution in [1.82, 2.24) is 20.2 Å². The summed E-state index contributed by atoms with van der Waals surface area (Å²) in [4.78, 5) is 23.9. The fraction of sp³-hybridized carbons (Fsp3) is 0.346. The zero-order valence-electron chi connectivity index (χ0n) is 19.4. The third-order valence-corrected chi connectivity index (χ3v) is 5.90. The fourth-order valence-corrected chi connectivity index (χ4v) is 4.04. The molecule has 0 unspecified atom stereocenters. The van der Waals surface area contributed by atoms with Crippen LogP contribution in [0.25, 0.3) is 11.3 Å². The first kappa shape index (κ1) is 23.6. The molecule has 4 rings (SSSR count). The minimum absolute atomic E-state index is 0.0804. The Kier molecular flexibility index (Phi) is 8.04. The smallest absolute Gasteiger partial charge is 0.251 e. The highest BCUT2D eigenvalue weighted by Crippen LogP contribution is 2.20. The van der Waals surface area contributed by atoms with Crippen LogP contribution in [0.15, 0.2) is 54.7 Å². The van der Waals surface area contributed by atoms with Gasteiger partial charge in [-0.05, 0) is 68.2 Å². The molecule has 2 aromatic carbocycles. The van der Waals surface area contributed by atoms with E-state index in [0.717, 1.165) is 36.5 Å². The van der Waals surface area contributed by atoms with Crippen LogP contribution in [0.4, 0.5) is 10.3 Å². The molecule has 2 heterocycles. The maximum absolute atomic E-state index is 13.6. The average Bonchev–Trinajstić information content (AvgIpc) is 3.39. The molecule has 0 aliphatic carbocycles. The van der Waals surface area contributed by atoms with Gasteiger partial charge in [-0.2, -0.15) is 0 Å². The van der Waals surface area contributed by atoms with E-state index in [-0.39, 0.29) is 17.5 Å². The summed E-state index contributed by atoms with van der Waals surface area (Å²) >= 11 is 0. The number of methoxy groups -OCH3 is 1. The molecule has 1 saturated heterocycles. The number of rotatable bonds is 10. The Morgan fingerprint density at radius 2 is 1.97 bits per heavy atom. The lowest BCUT2D eigenvalue weighted by Crippen LogP contribution is -2.33. The predicted octanol–water partition coefficient (Wildman–Crippen LogP) is 3.77. The van der Waals surface area contributed by atoms with Crippen LogP contribution in [0.2, 0.25) is 0 Å². The molecule has 1 fully saturated rings. The van der Waals surface area contributed by atoms with Crippen LogP contribution >= 0.6 is 0 Å². The van der Waals surface area contributed by atoms with Crippen LogP contribution in [-0.2, 0) is 6.42 Å². The van der Waals surface area contributed by atoms with Crippen molar-refractivity contribution in [1.29, 1.82) is 0 Å². The summed E-state index contributed by atoms with van der Waals surface area (Å²) in [5.74, 6) is 0.267. The Labute approximate surface area is 199 Å². The van der Waals surface area contributed by atoms with E-state index >= 15 is 0 Å². The number of carbonyl (C=O) groups excluding carboxylic acids is 1. The Balaban J connectivity index is 1.34. The second-order valence-electron chi connectivity index (χ2n) is 8.30. The molecule has 7 nitrogen and oxygen atoms in total. The van der Waals surface area contributed by atoms with Gasteiger partial charge in [0.2, 0.25) is 5.95 Å². The molecule has 1 aromatic heterocycles. The summed E-state index contributed by atoms with van der Waals surface area (Å²) in [6.07, 6.45) is 4.84. The Morgan fingerprint density at radius 3 is 2.79 bits per heavy atom. The SMILES string of the molecule is COc1cc(CCNc2nccc(-c3cccc(C(=O)NCCN4CCCC4)c3)n2)ccc1F. The van der Waals surface area contributed by atoms with Gasteiger partial charge in [0.1, 0.15) is 0 Å². The van der Waals surface area contributed by atoms with Crippen molar-refractivity contribution in [3.63, 3.8) is 0 Å². The summed E-state index contributed by atoms with van der Waals surface area (Å²) in [6, 6.07) is 14.1. The molecular weight excluding hydrogens is 433 g/mol. The molecule has 3 aromatic rings. The zero-order chi connectivity index (χ0) is 23.8. The summed E-state index contributed by atoms with van der Waals surface area (Å²) in [5.41, 5.74) is 3.14. The summed E-state index contributed by atoms with van der Waals surface area (Å²) in [6.45, 7) is 4.35. The van der Waals surface area contributed by atoms with E-state index in [4.69, 9.17) is 4.74 Å². The Hall–Kier alpha value is -3.52. The number of carbonyl (C=O) groups is 1. The van der Waals surface area contributed by atoms with Crippen LogP contribution in [0.1, 0.15) is 28.8 Å². The summed E-state index contributed by atoms with van der Waals surface area (Å²) in [7, 11) is 1.45. The molecule has 8 heteroatoms. The number of likely N-dealkylation sites (tertiary alicyclic amines) is 1. The molecule has 0 spiro atoms. The van der Waals surface area contributed by atoms with Gasteiger partial charge in [-0.1, -0.05) is 18.2 Å². The highest BCUT2D eigenvalue weighted by Gasteiger charge is 2.12. The minimum atomic E-state index is -0.377. The molecular formula is C26H30FN5O2. The second-order valence-corrected chi connectivity index (χ2v) is 8.30. The fourth-order valence-electron chi connectivity index (χ4n) is 4.04. The molecule has 0 saturated carbocycles. The van der Waals surface area contributed by atoms with E-state index in [0.29, 0.717) is 31.0 Å². The molecule has 0 radical (unpaired) electrons. The first-order valence-corrected chi connectivity index (χ1v) is 11.6. The van der Waals surface area contributed by atoms with Gasteiger partial charge in [0, 0.05) is 37.0 Å². The number of hydrogen-bond donors (Lipinski definition) is 2. The average molecular weight is 464 g/mol. The van der Waals surface area contributed by atoms with E-state index in [1.165, 1.54) is 26.0 Å². The number of benzene rings is 2. The van der Waals surface area contributed by atoms with Gasteiger partial charge in [-0.15, -0.1) is 0 Å². The molecule has 1 aliphatic heterocycles. The monoisotopic (exact) mass is 463 g/mol. The van der Waals surface area contributed by atoms with E-state index in [9.17, 15) is 9.18 Å². The highest BCUT2D eigenvalue weighted by atomic mass is 19.1. The number of anilines is 1. The van der Waals surface area contributed by atoms with Crippen molar-refractivity contribution in [3.05, 3.63) is 71.7 Å². The number of amides is 1. The zero-order valence-corrected chi connectivity index (χ0v) is 19.4. The van der Waals surface area contributed by atoms with Crippen molar-refractivity contribution >= 4 is 11.9 Å². The third-order valence-electron chi connectivity index (χ3n) is 5.90. The van der Waals surface area contributed by atoms with Crippen molar-refractivity contribution in [3.8, 4) is 17.0 Å². The third kappa shape index (κ3) is 6.29. The van der Waals surface area contributed by atoms with E-state index in [1.54, 1.807) is 18.3 Å². The summed E-state index contributed by atoms with van der Waals surface area (Å²) < 4.78 is 18.6. The molecule has 0 atom stereocenters. The normalized spacial score (nSPS) is 13.6. The van der Waals surface area contributed by atoms with Gasteiger partial charge in [-0.3, -0.25) is 4.79 Å². The van der Waals surface area contributed by atoms with Crippen LogP contribution in [-0.4, -0.2) is 60.6 Å². The van der Waals surface area contributed by atoms with Crippen LogP contribution in [0.3, 0.4) is 0 Å². The molecule has 0 bridgehead atoms. The van der Waals surface area contributed by atoms with Gasteiger partial charge in [0.15, 0.2) is 11.6 Å². The largest absolute Gasteiger partial charge is 0.494 e. The molecule has 1 amide bonds. The molecule has 34 heavy (non-hydrogen) atoms. The molecule has 2 N–H and O–H groups in total. The molecule has 178 valence electrons. The number of aromatic nitrogens is 2. The minimum Gasteiger partial charge on any atom is -0.494 e. The second kappa shape index (κ2) is 11.6. The standard InChI is InChI=1S/C26H30FN5O2/c1-34-24-17-19(7-8-22(24)27)9-11-29-26-30-12-10-23(31-26)20-5-4-6-21(18-20)25(33)28-13-16-32-14-2-3-15-32/h4-8,10,12,17-18H,2-3,9,11,13-16H2,1H3,(H,28,33)(H,29,30,31). The van der Waals surface area contributed by atoms with Gasteiger partial charge >= 0.3 is 0 Å². The first-order valence-electron chi connectivity index (χ1n) is 11.6. The lowest BCUT2D eigenvalue weighted by molar-refractivity contribution is 0.0950. The number of nitrogens with one attached hydrogen (secondary N) is 2. The van der Waals surface area contributed by atoms with Crippen molar-refractivity contribution in [2.24, 2.45) is 0 Å². The van der Waals surface area contributed by atoms with Crippen LogP contribution in [0.5, 0.6) is 5.75 Å². The van der Waals surface area contributed by atoms with Gasteiger partial charge < -0.3 is 20.3 Å². The number of hydrogen-bond acceptors (Lipinski definition) is 6. The number of nitrogens with zero attached hydrogens (tertiary/aromatic N) is 3. The molecule has 1 aliphatic rings. The maximum atomic E-state index is 13.6. The van der Waals surface area contributed by atoms with Gasteiger partial charge in [0.25, 0.3) is 5.91 Å². The van der Waals surface area contributed by atoms with Gasteiger partial charge in [-0.25, -0.2) is 14.4 Å². The van der Waals surface area contributed by atoms with Gasteiger partial charge in [0.05, 0.1) is 12.8 Å². The quantitative estimate of drug-likeness (QED) is 0.477. The lowest BCUT2D eigenvalue weighted by Gasteiger charge is -2.14. The number of halogens is 1. The number of ether oxygens (including phenoxy) is 1. The van der Waals surface area contributed by atoms with Crippen molar-refractivity contribution in [2.45, 2.75) is 19.3 Å². The van der Waals surface area contributed by atoms with Crippen LogP contribution < -0.4 is 15.4 Å². The Bertz CT molecular complexity index is 1120. The Morgan fingerprint density at radius 1 is 1.12 bits per heavy atom. The predicted molar refractivity (Wildman–Crippen MR) is 131 cm³/mol. The van der Waals surface area contributed by atoms with Crippen molar-refractivity contribution < 1.29 is 13.9 Å². The van der Waals surface area contributed by atoms with Crippen LogP contribution in [0, 0.1) is 5.82 Å². The maximum Gasteiger partial charge on any atom is 0.251 e. The van der Waals surface area contributed by atoms with E-state index in [2.05, 4.69) is 25.5 Å². The van der Waals surface area contributed by atoms with E-state index < -0.39 is 0 Å². The van der Waals surface area contributed by atoms with Crippen molar-refractivity contribution in [2.75, 3.05) is 45.2 Å². The first-order chi connectivity index (χ1) is 16.6. The lowest BCUT2D eigenvalue weighted by atomic mass is 10.1. The summed E-state index contributed by atoms with van der Waals surface area (Å²) in [5, 5.41) is 6.22. The topological polar surface area (TPSA) is 79.4 Å².